The van der Waals surface area contributed by atoms with E-state index in [9.17, 15) is 4.79 Å². The van der Waals surface area contributed by atoms with Gasteiger partial charge in [-0.25, -0.2) is 0 Å². The van der Waals surface area contributed by atoms with Crippen LogP contribution in [-0.4, -0.2) is 31.1 Å². The second-order valence-electron chi connectivity index (χ2n) is 4.13. The van der Waals surface area contributed by atoms with Gasteiger partial charge in [-0.1, -0.05) is 0 Å². The molecule has 0 aromatic rings. The van der Waals surface area contributed by atoms with Crippen LogP contribution in [0.5, 0.6) is 0 Å². The molecule has 4 N–H and O–H groups in total. The topological polar surface area (TPSA) is 67.2 Å². The van der Waals surface area contributed by atoms with Gasteiger partial charge >= 0.3 is 0 Å². The molecule has 0 saturated heterocycles. The Kier molecular flexibility index (Phi) is 4.35. The van der Waals surface area contributed by atoms with E-state index in [2.05, 4.69) is 10.6 Å². The molecule has 14 heavy (non-hydrogen) atoms. The predicted octanol–water partition coefficient (Wildman–Crippen LogP) is -0.0196. The minimum atomic E-state index is -0.106. The fraction of sp³-hybridized carbons (Fsp3) is 0.900. The first kappa shape index (κ1) is 11.5. The molecule has 1 unspecified atom stereocenters. The maximum absolute atomic E-state index is 11.5. The summed E-state index contributed by atoms with van der Waals surface area (Å²) in [6.07, 6.45) is 4.09. The minimum absolute atomic E-state index is 0.0907. The number of amides is 1. The van der Waals surface area contributed by atoms with E-state index in [1.54, 1.807) is 7.05 Å². The van der Waals surface area contributed by atoms with Gasteiger partial charge in [0.25, 0.3) is 0 Å². The van der Waals surface area contributed by atoms with Crippen molar-refractivity contribution in [3.63, 3.8) is 0 Å². The van der Waals surface area contributed by atoms with Crippen molar-refractivity contribution < 1.29 is 4.79 Å². The summed E-state index contributed by atoms with van der Waals surface area (Å²) in [5.74, 6) is 0.0907. The Bertz CT molecular complexity index is 188. The second kappa shape index (κ2) is 5.32. The number of carbonyl (C=O) groups is 1. The van der Waals surface area contributed by atoms with Crippen molar-refractivity contribution in [2.75, 3.05) is 7.05 Å². The normalized spacial score (nSPS) is 29.6. The Balaban J connectivity index is 2.27. The van der Waals surface area contributed by atoms with Crippen LogP contribution in [0, 0.1) is 0 Å². The molecule has 1 fully saturated rings. The van der Waals surface area contributed by atoms with Gasteiger partial charge in [0.1, 0.15) is 0 Å². The molecular weight excluding hydrogens is 178 g/mol. The summed E-state index contributed by atoms with van der Waals surface area (Å²) in [5.41, 5.74) is 5.79. The molecule has 4 nitrogen and oxygen atoms in total. The molecule has 0 bridgehead atoms. The predicted molar refractivity (Wildman–Crippen MR) is 56.9 cm³/mol. The lowest BCUT2D eigenvalue weighted by molar-refractivity contribution is -0.123. The summed E-state index contributed by atoms with van der Waals surface area (Å²) >= 11 is 0. The monoisotopic (exact) mass is 199 g/mol. The zero-order valence-electron chi connectivity index (χ0n) is 9.05. The van der Waals surface area contributed by atoms with E-state index in [0.717, 1.165) is 25.7 Å². The van der Waals surface area contributed by atoms with Crippen molar-refractivity contribution in [3.05, 3.63) is 0 Å². The molecule has 1 aliphatic rings. The average molecular weight is 199 g/mol. The summed E-state index contributed by atoms with van der Waals surface area (Å²) in [6, 6.07) is 0.563. The lowest BCUT2D eigenvalue weighted by atomic mass is 9.92. The smallest absolute Gasteiger partial charge is 0.237 e. The zero-order chi connectivity index (χ0) is 10.6. The first-order valence-electron chi connectivity index (χ1n) is 5.36. The third-order valence-electron chi connectivity index (χ3n) is 2.94. The highest BCUT2D eigenvalue weighted by molar-refractivity contribution is 5.81. The Morgan fingerprint density at radius 2 is 1.93 bits per heavy atom. The molecule has 0 aliphatic heterocycles. The quantitative estimate of drug-likeness (QED) is 0.598. The minimum Gasteiger partial charge on any atom is -0.352 e. The second-order valence-corrected chi connectivity index (χ2v) is 4.13. The summed E-state index contributed by atoms with van der Waals surface area (Å²) in [6.45, 7) is 1.86. The van der Waals surface area contributed by atoms with Crippen LogP contribution in [0.3, 0.4) is 0 Å². The van der Waals surface area contributed by atoms with Gasteiger partial charge in [-0.15, -0.1) is 0 Å². The third kappa shape index (κ3) is 3.27. The molecule has 0 spiro atoms. The van der Waals surface area contributed by atoms with Gasteiger partial charge in [0.15, 0.2) is 0 Å². The number of carbonyl (C=O) groups excluding carboxylic acids is 1. The van der Waals surface area contributed by atoms with Crippen LogP contribution in [0.4, 0.5) is 0 Å². The van der Waals surface area contributed by atoms with Crippen molar-refractivity contribution in [3.8, 4) is 0 Å². The molecule has 1 atom stereocenters. The van der Waals surface area contributed by atoms with E-state index in [1.807, 2.05) is 6.92 Å². The summed E-state index contributed by atoms with van der Waals surface area (Å²) < 4.78 is 0. The number of rotatable bonds is 3. The number of nitrogens with one attached hydrogen (secondary N) is 2. The standard InChI is InChI=1S/C10H21N3O/c1-7(12-2)10(14)13-9-5-3-8(11)4-6-9/h7-9,12H,3-6,11H2,1-2H3,(H,13,14). The van der Waals surface area contributed by atoms with Gasteiger partial charge in [0, 0.05) is 12.1 Å². The fourth-order valence-electron chi connectivity index (χ4n) is 1.72. The Labute approximate surface area is 85.6 Å². The third-order valence-corrected chi connectivity index (χ3v) is 2.94. The van der Waals surface area contributed by atoms with Crippen LogP contribution in [-0.2, 0) is 4.79 Å². The summed E-state index contributed by atoms with van der Waals surface area (Å²) in [7, 11) is 1.79. The van der Waals surface area contributed by atoms with Gasteiger partial charge in [0.2, 0.25) is 5.91 Å². The van der Waals surface area contributed by atoms with Crippen molar-refractivity contribution in [2.24, 2.45) is 5.73 Å². The van der Waals surface area contributed by atoms with Crippen molar-refractivity contribution >= 4 is 5.91 Å². The molecule has 0 aromatic carbocycles. The Morgan fingerprint density at radius 3 is 2.43 bits per heavy atom. The lowest BCUT2D eigenvalue weighted by Gasteiger charge is -2.27. The molecule has 0 aromatic heterocycles. The molecular formula is C10H21N3O. The van der Waals surface area contributed by atoms with Crippen LogP contribution in [0.25, 0.3) is 0 Å². The first-order chi connectivity index (χ1) is 6.63. The van der Waals surface area contributed by atoms with Gasteiger partial charge in [-0.05, 0) is 39.7 Å². The van der Waals surface area contributed by atoms with E-state index >= 15 is 0 Å². The summed E-state index contributed by atoms with van der Waals surface area (Å²) in [5, 5.41) is 5.96. The molecule has 1 rings (SSSR count). The molecule has 1 amide bonds. The molecule has 82 valence electrons. The Hall–Kier alpha value is -0.610. The zero-order valence-corrected chi connectivity index (χ0v) is 9.05. The maximum atomic E-state index is 11.5. The number of hydrogen-bond donors (Lipinski definition) is 3. The SMILES string of the molecule is CNC(C)C(=O)NC1CCC(N)CC1. The van der Waals surface area contributed by atoms with Crippen molar-refractivity contribution in [1.29, 1.82) is 0 Å². The average Bonchev–Trinajstić information content (AvgIpc) is 2.20. The van der Waals surface area contributed by atoms with E-state index in [4.69, 9.17) is 5.73 Å². The van der Waals surface area contributed by atoms with Crippen LogP contribution < -0.4 is 16.4 Å². The van der Waals surface area contributed by atoms with Crippen molar-refractivity contribution in [2.45, 2.75) is 50.7 Å². The molecule has 0 heterocycles. The molecule has 1 saturated carbocycles. The largest absolute Gasteiger partial charge is 0.352 e. The van der Waals surface area contributed by atoms with Crippen molar-refractivity contribution in [1.82, 2.24) is 10.6 Å². The van der Waals surface area contributed by atoms with Gasteiger partial charge in [0.05, 0.1) is 6.04 Å². The van der Waals surface area contributed by atoms with E-state index in [0.29, 0.717) is 12.1 Å². The number of hydrogen-bond acceptors (Lipinski definition) is 3. The van der Waals surface area contributed by atoms with Gasteiger partial charge < -0.3 is 16.4 Å². The van der Waals surface area contributed by atoms with Crippen LogP contribution in [0.15, 0.2) is 0 Å². The molecule has 4 heteroatoms. The van der Waals surface area contributed by atoms with E-state index < -0.39 is 0 Å². The van der Waals surface area contributed by atoms with E-state index in [1.165, 1.54) is 0 Å². The van der Waals surface area contributed by atoms with Crippen LogP contribution in [0.1, 0.15) is 32.6 Å². The van der Waals surface area contributed by atoms with Crippen LogP contribution in [0.2, 0.25) is 0 Å². The molecule has 1 aliphatic carbocycles. The summed E-state index contributed by atoms with van der Waals surface area (Å²) in [4.78, 5) is 11.5. The Morgan fingerprint density at radius 1 is 1.36 bits per heavy atom. The number of nitrogens with two attached hydrogens (primary N) is 1. The maximum Gasteiger partial charge on any atom is 0.237 e. The fourth-order valence-corrected chi connectivity index (χ4v) is 1.72. The molecule has 0 radical (unpaired) electrons. The van der Waals surface area contributed by atoms with Gasteiger partial charge in [-0.2, -0.15) is 0 Å². The van der Waals surface area contributed by atoms with Crippen LogP contribution >= 0.6 is 0 Å². The highest BCUT2D eigenvalue weighted by Gasteiger charge is 2.21. The number of likely N-dealkylation sites (N-methyl/N-ethyl adjacent to an activating group) is 1. The highest BCUT2D eigenvalue weighted by Crippen LogP contribution is 2.16. The van der Waals surface area contributed by atoms with E-state index in [-0.39, 0.29) is 11.9 Å². The highest BCUT2D eigenvalue weighted by atomic mass is 16.2. The first-order valence-corrected chi connectivity index (χ1v) is 5.36. The lowest BCUT2D eigenvalue weighted by Crippen LogP contribution is -2.47. The van der Waals surface area contributed by atoms with Gasteiger partial charge in [-0.3, -0.25) is 4.79 Å².